The third kappa shape index (κ3) is 2.25. The lowest BCUT2D eigenvalue weighted by Gasteiger charge is -2.06. The van der Waals surface area contributed by atoms with Crippen LogP contribution < -0.4 is 0 Å². The first kappa shape index (κ1) is 6.09. The summed E-state index contributed by atoms with van der Waals surface area (Å²) >= 11 is 0. The molecular weight excluding hydrogens is 184 g/mol. The molecule has 0 aliphatic rings. The minimum absolute atomic E-state index is 0.0622. The quantitative estimate of drug-likeness (QED) is 0.791. The van der Waals surface area contributed by atoms with Gasteiger partial charge in [-0.15, -0.1) is 0 Å². The molecule has 0 aliphatic carbocycles. The van der Waals surface area contributed by atoms with E-state index in [9.17, 15) is 5.11 Å². The van der Waals surface area contributed by atoms with Gasteiger partial charge >= 0.3 is 0 Å². The molecule has 1 nitrogen and oxygen atoms in total. The summed E-state index contributed by atoms with van der Waals surface area (Å²) in [5.74, 6) is 0. The average Bonchev–Trinajstić information content (AvgIpc) is 2.39. The van der Waals surface area contributed by atoms with Crippen LogP contribution in [0.2, 0.25) is 0 Å². The highest BCUT2D eigenvalue weighted by Crippen LogP contribution is 2.21. The summed E-state index contributed by atoms with van der Waals surface area (Å²) in [4.78, 5) is 0. The molecular formula is C14H14O. The van der Waals surface area contributed by atoms with Crippen LogP contribution in [0.1, 0.15) is 24.0 Å². The lowest BCUT2D eigenvalue weighted by atomic mass is 10.0. The Labute approximate surface area is 95.6 Å². The Kier molecular flexibility index (Phi) is 1.74. The molecule has 2 aromatic carbocycles. The van der Waals surface area contributed by atoms with Gasteiger partial charge in [0, 0.05) is 4.11 Å². The first-order valence-electron chi connectivity index (χ1n) is 6.71. The van der Waals surface area contributed by atoms with E-state index < -0.39 is 12.9 Å². The molecule has 76 valence electrons. The molecule has 0 aliphatic heterocycles. The van der Waals surface area contributed by atoms with Crippen LogP contribution in [0.3, 0.4) is 0 Å². The van der Waals surface area contributed by atoms with E-state index in [-0.39, 0.29) is 5.56 Å². The topological polar surface area (TPSA) is 20.2 Å². The van der Waals surface area contributed by atoms with Crippen molar-refractivity contribution in [3.05, 3.63) is 60.2 Å². The van der Waals surface area contributed by atoms with Crippen molar-refractivity contribution in [2.75, 3.05) is 0 Å². The fourth-order valence-corrected chi connectivity index (χ4v) is 1.45. The fraction of sp³-hybridized carbons (Fsp3) is 0.143. The van der Waals surface area contributed by atoms with Gasteiger partial charge in [-0.1, -0.05) is 54.6 Å². The van der Waals surface area contributed by atoms with Crippen molar-refractivity contribution < 1.29 is 10.6 Å². The van der Waals surface area contributed by atoms with Gasteiger partial charge < -0.3 is 5.11 Å². The van der Waals surface area contributed by atoms with Gasteiger partial charge in [0.2, 0.25) is 0 Å². The van der Waals surface area contributed by atoms with Crippen molar-refractivity contribution in [2.45, 2.75) is 12.9 Å². The van der Waals surface area contributed by atoms with E-state index in [0.29, 0.717) is 0 Å². The predicted octanol–water partition coefficient (Wildman–Crippen LogP) is 3.41. The summed E-state index contributed by atoms with van der Waals surface area (Å²) in [6.45, 7) is -2.78. The van der Waals surface area contributed by atoms with Crippen molar-refractivity contribution in [3.8, 4) is 11.1 Å². The molecule has 0 heterocycles. The zero-order valence-corrected chi connectivity index (χ0v) is 8.14. The molecule has 0 radical (unpaired) electrons. The number of hydrogen-bond donors (Lipinski definition) is 1. The second-order valence-corrected chi connectivity index (χ2v) is 3.29. The first-order valence-corrected chi connectivity index (χ1v) is 4.71. The molecule has 0 bridgehead atoms. The maximum absolute atomic E-state index is 9.79. The zero-order valence-electron chi connectivity index (χ0n) is 12.1. The Hall–Kier alpha value is -1.60. The minimum atomic E-state index is -2.78. The summed E-state index contributed by atoms with van der Waals surface area (Å²) in [5, 5.41) is 9.79. The second kappa shape index (κ2) is 4.28. The van der Waals surface area contributed by atoms with Crippen molar-refractivity contribution in [1.29, 1.82) is 0 Å². The molecule has 0 aromatic heterocycles. The lowest BCUT2D eigenvalue weighted by Crippen LogP contribution is -1.89. The van der Waals surface area contributed by atoms with E-state index in [1.807, 2.05) is 30.3 Å². The summed E-state index contributed by atoms with van der Waals surface area (Å²) < 4.78 is 29.1. The smallest absolute Gasteiger partial charge is 0.0761 e. The van der Waals surface area contributed by atoms with E-state index in [0.717, 1.165) is 11.1 Å². The molecule has 0 spiro atoms. The normalized spacial score (nSPS) is 19.3. The molecule has 0 saturated carbocycles. The number of benzene rings is 2. The summed E-state index contributed by atoms with van der Waals surface area (Å²) in [5.41, 5.74) is 1.97. The Morgan fingerprint density at radius 2 is 1.60 bits per heavy atom. The van der Waals surface area contributed by atoms with Crippen LogP contribution in [0.4, 0.5) is 0 Å². The number of hydrogen-bond acceptors (Lipinski definition) is 1. The third-order valence-electron chi connectivity index (χ3n) is 2.27. The molecule has 1 N–H and O–H groups in total. The van der Waals surface area contributed by atoms with Crippen LogP contribution in [-0.4, -0.2) is 5.11 Å². The second-order valence-electron chi connectivity index (χ2n) is 3.29. The molecule has 1 unspecified atom stereocenters. The summed E-state index contributed by atoms with van der Waals surface area (Å²) in [6, 6.07) is 16.0. The summed E-state index contributed by atoms with van der Waals surface area (Å²) in [6.07, 6.45) is -2.58. The van der Waals surface area contributed by atoms with Crippen LogP contribution in [0.25, 0.3) is 11.1 Å². The highest BCUT2D eigenvalue weighted by molar-refractivity contribution is 5.63. The Morgan fingerprint density at radius 3 is 2.20 bits per heavy atom. The van der Waals surface area contributed by atoms with E-state index in [1.165, 1.54) is 12.1 Å². The van der Waals surface area contributed by atoms with Crippen molar-refractivity contribution >= 4 is 0 Å². The Morgan fingerprint density at radius 1 is 1.00 bits per heavy atom. The van der Waals surface area contributed by atoms with Gasteiger partial charge in [-0.3, -0.25) is 0 Å². The van der Waals surface area contributed by atoms with Gasteiger partial charge in [-0.25, -0.2) is 0 Å². The zero-order chi connectivity index (χ0) is 14.1. The van der Waals surface area contributed by atoms with Crippen LogP contribution in [0, 0.1) is 0 Å². The maximum atomic E-state index is 9.79. The molecule has 1 atom stereocenters. The monoisotopic (exact) mass is 202 g/mol. The number of rotatable bonds is 2. The Bertz CT molecular complexity index is 544. The average molecular weight is 202 g/mol. The van der Waals surface area contributed by atoms with Crippen LogP contribution in [-0.2, 0) is 0 Å². The molecule has 0 saturated heterocycles. The van der Waals surface area contributed by atoms with Crippen LogP contribution >= 0.6 is 0 Å². The van der Waals surface area contributed by atoms with Gasteiger partial charge in [-0.2, -0.15) is 0 Å². The van der Waals surface area contributed by atoms with E-state index in [2.05, 4.69) is 0 Å². The molecule has 1 heteroatoms. The summed E-state index contributed by atoms with van der Waals surface area (Å²) in [7, 11) is 0. The number of aliphatic hydroxyl groups is 1. The molecule has 15 heavy (non-hydrogen) atoms. The molecule has 0 fully saturated rings. The largest absolute Gasteiger partial charge is 0.389 e. The van der Waals surface area contributed by atoms with Crippen LogP contribution in [0.5, 0.6) is 0 Å². The molecule has 2 aromatic rings. The molecule has 0 amide bonds. The van der Waals surface area contributed by atoms with E-state index in [4.69, 9.17) is 5.48 Å². The lowest BCUT2D eigenvalue weighted by molar-refractivity contribution is 0.199. The Balaban J connectivity index is 2.35. The fourth-order valence-electron chi connectivity index (χ4n) is 1.45. The standard InChI is InChI=1S/C14H14O/c1-11(15)12-7-9-14(10-8-12)13-5-3-2-4-6-13/h2-11,15H,1H3/i1D3,11D. The predicted molar refractivity (Wildman–Crippen MR) is 62.5 cm³/mol. The highest BCUT2D eigenvalue weighted by Gasteiger charge is 2.00. The van der Waals surface area contributed by atoms with Gasteiger partial charge in [0.15, 0.2) is 0 Å². The minimum Gasteiger partial charge on any atom is -0.389 e. The van der Waals surface area contributed by atoms with Gasteiger partial charge in [0.1, 0.15) is 0 Å². The van der Waals surface area contributed by atoms with Crippen molar-refractivity contribution in [2.24, 2.45) is 0 Å². The highest BCUT2D eigenvalue weighted by atomic mass is 16.3. The van der Waals surface area contributed by atoms with E-state index in [1.54, 1.807) is 12.1 Å². The third-order valence-corrected chi connectivity index (χ3v) is 2.27. The first-order chi connectivity index (χ1) is 8.82. The van der Waals surface area contributed by atoms with Gasteiger partial charge in [-0.05, 0) is 23.5 Å². The van der Waals surface area contributed by atoms with Crippen molar-refractivity contribution in [1.82, 2.24) is 0 Å². The molecule has 2 rings (SSSR count). The van der Waals surface area contributed by atoms with Gasteiger partial charge in [0.05, 0.1) is 7.45 Å². The SMILES string of the molecule is [2H]C([2H])([2H])C([2H])(O)c1ccc(-c2ccccc2)cc1. The maximum Gasteiger partial charge on any atom is 0.0761 e. The van der Waals surface area contributed by atoms with Crippen molar-refractivity contribution in [3.63, 3.8) is 0 Å². The van der Waals surface area contributed by atoms with Crippen LogP contribution in [0.15, 0.2) is 54.6 Å². The van der Waals surface area contributed by atoms with Gasteiger partial charge in [0.25, 0.3) is 0 Å². The van der Waals surface area contributed by atoms with E-state index >= 15 is 0 Å².